The number of pyridine rings is 1. The molecule has 0 spiro atoms. The molecular formula is C26H28N4O8S. The molecule has 13 heteroatoms. The summed E-state index contributed by atoms with van der Waals surface area (Å²) in [7, 11) is -2.79. The van der Waals surface area contributed by atoms with Crippen LogP contribution in [-0.2, 0) is 19.6 Å². The van der Waals surface area contributed by atoms with Crippen LogP contribution < -0.4 is 14.8 Å². The van der Waals surface area contributed by atoms with Gasteiger partial charge in [-0.2, -0.15) is 9.04 Å². The molecule has 3 aromatic rings. The maximum atomic E-state index is 13.6. The van der Waals surface area contributed by atoms with E-state index in [-0.39, 0.29) is 23.5 Å². The number of amides is 2. The molecule has 2 aliphatic rings. The van der Waals surface area contributed by atoms with Gasteiger partial charge < -0.3 is 24.6 Å². The third-order valence-corrected chi connectivity index (χ3v) is 9.02. The summed E-state index contributed by atoms with van der Waals surface area (Å²) in [4.78, 5) is 41.1. The number of sulfonamides is 1. The highest BCUT2D eigenvalue weighted by molar-refractivity contribution is 7.89. The van der Waals surface area contributed by atoms with E-state index in [9.17, 15) is 28.0 Å². The van der Waals surface area contributed by atoms with Gasteiger partial charge in [-0.25, -0.2) is 8.42 Å². The Bertz CT molecular complexity index is 1550. The van der Waals surface area contributed by atoms with Gasteiger partial charge in [-0.1, -0.05) is 25.5 Å². The number of aromatic nitrogens is 1. The van der Waals surface area contributed by atoms with Crippen LogP contribution in [0.3, 0.4) is 0 Å². The number of Topliss-reactive ketones (excluding diaryl/α,β-unsaturated/α-hetero) is 1. The number of hydrogen-bond acceptors (Lipinski definition) is 8. The van der Waals surface area contributed by atoms with E-state index in [1.165, 1.54) is 30.2 Å². The molecule has 39 heavy (non-hydrogen) atoms. The minimum Gasteiger partial charge on any atom is -0.618 e. The normalized spacial score (nSPS) is 20.3. The zero-order chi connectivity index (χ0) is 27.9. The van der Waals surface area contributed by atoms with Gasteiger partial charge in [-0.15, -0.1) is 0 Å². The van der Waals surface area contributed by atoms with Gasteiger partial charge >= 0.3 is 15.0 Å². The quantitative estimate of drug-likeness (QED) is 0.321. The fraction of sp³-hybridized carbons (Fsp3) is 0.385. The average Bonchev–Trinajstić information content (AvgIpc) is 3.63. The van der Waals surface area contributed by atoms with Gasteiger partial charge in [0.25, 0.3) is 5.91 Å². The lowest BCUT2D eigenvalue weighted by Gasteiger charge is -2.28. The lowest BCUT2D eigenvalue weighted by molar-refractivity contribution is -0.646. The van der Waals surface area contributed by atoms with Crippen molar-refractivity contribution in [3.8, 4) is 5.75 Å². The number of nitrogens with one attached hydrogen (secondary N) is 1. The molecule has 5 rings (SSSR count). The maximum absolute atomic E-state index is 13.6. The van der Waals surface area contributed by atoms with E-state index in [0.29, 0.717) is 29.6 Å². The second-order valence-corrected chi connectivity index (χ2v) is 11.4. The minimum atomic E-state index is -4.28. The number of likely N-dealkylation sites (tertiary alicyclic amines) is 1. The Labute approximate surface area is 224 Å². The van der Waals surface area contributed by atoms with Gasteiger partial charge in [0.15, 0.2) is 29.1 Å². The van der Waals surface area contributed by atoms with E-state index in [0.717, 1.165) is 10.5 Å². The van der Waals surface area contributed by atoms with Gasteiger partial charge in [0.2, 0.25) is 5.91 Å². The van der Waals surface area contributed by atoms with Crippen molar-refractivity contribution in [2.45, 2.75) is 49.3 Å². The van der Waals surface area contributed by atoms with E-state index in [4.69, 9.17) is 9.15 Å². The highest BCUT2D eigenvalue weighted by atomic mass is 32.2. The Balaban J connectivity index is 1.36. The summed E-state index contributed by atoms with van der Waals surface area (Å²) < 4.78 is 38.7. The molecule has 2 aromatic heterocycles. The van der Waals surface area contributed by atoms with Gasteiger partial charge in [0.1, 0.15) is 12.1 Å². The van der Waals surface area contributed by atoms with Gasteiger partial charge in [-0.05, 0) is 31.0 Å². The second kappa shape index (κ2) is 10.3. The third kappa shape index (κ3) is 4.61. The molecule has 0 bridgehead atoms. The zero-order valence-corrected chi connectivity index (χ0v) is 22.2. The zero-order valence-electron chi connectivity index (χ0n) is 21.4. The number of rotatable bonds is 8. The molecule has 2 aliphatic heterocycles. The molecule has 2 saturated heterocycles. The largest absolute Gasteiger partial charge is 0.618 e. The summed E-state index contributed by atoms with van der Waals surface area (Å²) in [6, 6.07) is 8.07. The average molecular weight is 557 g/mol. The number of carbonyl (C=O) groups is 3. The topological polar surface area (TPSA) is 153 Å². The molecule has 12 nitrogen and oxygen atoms in total. The molecule has 3 atom stereocenters. The van der Waals surface area contributed by atoms with E-state index in [2.05, 4.69) is 5.32 Å². The fourth-order valence-corrected chi connectivity index (χ4v) is 7.01. The van der Waals surface area contributed by atoms with E-state index in [1.54, 1.807) is 24.3 Å². The minimum absolute atomic E-state index is 0.00527. The van der Waals surface area contributed by atoms with Crippen molar-refractivity contribution in [1.82, 2.24) is 14.5 Å². The SMILES string of the molecule is CCCC(NC(=O)c1cc2cccc(OC)c2o1)C(=O)N1CCC2C1C(=O)CN2S(=O)(=O)c1cccc[n+]1[O-]. The maximum Gasteiger partial charge on any atom is 0.323 e. The molecule has 1 N–H and O–H groups in total. The number of ether oxygens (including phenoxy) is 1. The van der Waals surface area contributed by atoms with Crippen LogP contribution >= 0.6 is 0 Å². The monoisotopic (exact) mass is 556 g/mol. The molecule has 0 aliphatic carbocycles. The number of furan rings is 1. The highest BCUT2D eigenvalue weighted by Gasteiger charge is 2.55. The summed E-state index contributed by atoms with van der Waals surface area (Å²) in [5.74, 6) is -1.04. The van der Waals surface area contributed by atoms with Crippen molar-refractivity contribution in [1.29, 1.82) is 0 Å². The van der Waals surface area contributed by atoms with Crippen molar-refractivity contribution >= 4 is 38.6 Å². The molecule has 0 saturated carbocycles. The molecular weight excluding hydrogens is 528 g/mol. The lowest BCUT2D eigenvalue weighted by Crippen LogP contribution is -2.52. The standard InChI is InChI=1S/C26H28N4O8S/c1-3-7-17(27-25(32)21-14-16-8-6-9-20(37-2)24(16)38-21)26(33)28-13-11-18-23(28)19(31)15-30(18)39(35,36)22-10-4-5-12-29(22)34/h4-6,8-10,12,14,17-18,23H,3,7,11,13,15H2,1-2H3,(H,27,32). The molecule has 4 heterocycles. The number of nitrogens with zero attached hydrogens (tertiary/aromatic N) is 3. The Hall–Kier alpha value is -3.97. The number of para-hydroxylation sites is 1. The van der Waals surface area contributed by atoms with Gasteiger partial charge in [-0.3, -0.25) is 14.4 Å². The molecule has 0 radical (unpaired) electrons. The summed E-state index contributed by atoms with van der Waals surface area (Å²) in [6.07, 6.45) is 2.17. The predicted molar refractivity (Wildman–Crippen MR) is 137 cm³/mol. The van der Waals surface area contributed by atoms with Crippen LogP contribution in [-0.4, -0.2) is 73.5 Å². The van der Waals surface area contributed by atoms with Crippen LogP contribution in [0.5, 0.6) is 5.75 Å². The number of benzene rings is 1. The van der Waals surface area contributed by atoms with Crippen LogP contribution in [0.25, 0.3) is 11.0 Å². The molecule has 2 fully saturated rings. The van der Waals surface area contributed by atoms with E-state index >= 15 is 0 Å². The second-order valence-electron chi connectivity index (χ2n) is 9.52. The highest BCUT2D eigenvalue weighted by Crippen LogP contribution is 2.34. The molecule has 1 aromatic carbocycles. The third-order valence-electron chi connectivity index (χ3n) is 7.15. The van der Waals surface area contributed by atoms with Crippen molar-refractivity contribution in [3.05, 3.63) is 59.6 Å². The number of fused-ring (bicyclic) bond motifs is 2. The number of hydrogen-bond donors (Lipinski definition) is 1. The van der Waals surface area contributed by atoms with Crippen LogP contribution in [0.2, 0.25) is 0 Å². The van der Waals surface area contributed by atoms with E-state index in [1.807, 2.05) is 6.92 Å². The van der Waals surface area contributed by atoms with Crippen LogP contribution in [0.1, 0.15) is 36.7 Å². The smallest absolute Gasteiger partial charge is 0.323 e. The summed E-state index contributed by atoms with van der Waals surface area (Å²) >= 11 is 0. The van der Waals surface area contributed by atoms with Gasteiger partial charge in [0, 0.05) is 24.1 Å². The van der Waals surface area contributed by atoms with Crippen LogP contribution in [0.4, 0.5) is 0 Å². The molecule has 2 amide bonds. The van der Waals surface area contributed by atoms with Gasteiger partial charge in [0.05, 0.1) is 19.7 Å². The number of ketones is 1. The van der Waals surface area contributed by atoms with Crippen molar-refractivity contribution in [2.75, 3.05) is 20.2 Å². The van der Waals surface area contributed by atoms with Crippen LogP contribution in [0.15, 0.2) is 58.1 Å². The van der Waals surface area contributed by atoms with Crippen molar-refractivity contribution in [2.24, 2.45) is 0 Å². The molecule has 206 valence electrons. The predicted octanol–water partition coefficient (Wildman–Crippen LogP) is 1.22. The Morgan fingerprint density at radius 1 is 1.26 bits per heavy atom. The fourth-order valence-electron chi connectivity index (χ4n) is 5.36. The lowest BCUT2D eigenvalue weighted by atomic mass is 10.1. The van der Waals surface area contributed by atoms with Crippen molar-refractivity contribution < 1.29 is 36.7 Å². The first-order valence-corrected chi connectivity index (χ1v) is 14.0. The summed E-state index contributed by atoms with van der Waals surface area (Å²) in [5.41, 5.74) is 0.404. The molecule has 3 unspecified atom stereocenters. The van der Waals surface area contributed by atoms with Crippen LogP contribution in [0, 0.1) is 5.21 Å². The first kappa shape index (κ1) is 26.6. The van der Waals surface area contributed by atoms with Crippen molar-refractivity contribution in [3.63, 3.8) is 0 Å². The van der Waals surface area contributed by atoms with E-state index < -0.39 is 57.3 Å². The number of methoxy groups -OCH3 is 1. The first-order valence-electron chi connectivity index (χ1n) is 12.6. The Morgan fingerprint density at radius 2 is 2.05 bits per heavy atom. The Morgan fingerprint density at radius 3 is 2.77 bits per heavy atom. The summed E-state index contributed by atoms with van der Waals surface area (Å²) in [5, 5.41) is 15.1. The number of carbonyl (C=O) groups excluding carboxylic acids is 3. The summed E-state index contributed by atoms with van der Waals surface area (Å²) in [6.45, 7) is 1.55. The first-order chi connectivity index (χ1) is 18.7. The Kier molecular flexibility index (Phi) is 7.03.